The molecule has 3 rings (SSSR count). The molecular formula is C22H37FN4O. The first-order valence-corrected chi connectivity index (χ1v) is 10.9. The topological polar surface area (TPSA) is 62.5 Å². The zero-order valence-electron chi connectivity index (χ0n) is 17.8. The van der Waals surface area contributed by atoms with Gasteiger partial charge in [-0.2, -0.15) is 5.26 Å². The molecule has 2 heterocycles. The van der Waals surface area contributed by atoms with Crippen LogP contribution in [0.4, 0.5) is 4.39 Å². The maximum Gasteiger partial charge on any atom is 0.121 e. The molecule has 6 heteroatoms. The zero-order chi connectivity index (χ0) is 20.5. The number of β-amino-alcohol motifs (C(OH)–C–C–N with tert-alkyl or cyclic N) is 1. The maximum absolute atomic E-state index is 13.7. The number of alkyl halides is 1. The molecule has 0 bridgehead atoms. The molecule has 0 aromatic rings. The van der Waals surface area contributed by atoms with E-state index in [4.69, 9.17) is 0 Å². The number of nitriles is 1. The second-order valence-electron chi connectivity index (χ2n) is 9.72. The van der Waals surface area contributed by atoms with Gasteiger partial charge >= 0.3 is 0 Å². The summed E-state index contributed by atoms with van der Waals surface area (Å²) >= 11 is 0. The van der Waals surface area contributed by atoms with E-state index in [0.29, 0.717) is 12.5 Å². The summed E-state index contributed by atoms with van der Waals surface area (Å²) in [6.45, 7) is 14.0. The number of nitrogens with zero attached hydrogens (tertiary/aromatic N) is 3. The van der Waals surface area contributed by atoms with E-state index >= 15 is 0 Å². The summed E-state index contributed by atoms with van der Waals surface area (Å²) in [4.78, 5) is 4.06. The highest BCUT2D eigenvalue weighted by atomic mass is 19.1. The fourth-order valence-electron chi connectivity index (χ4n) is 5.50. The van der Waals surface area contributed by atoms with Crippen molar-refractivity contribution in [2.24, 2.45) is 11.3 Å². The lowest BCUT2D eigenvalue weighted by Crippen LogP contribution is -2.57. The first-order valence-electron chi connectivity index (χ1n) is 10.9. The normalized spacial score (nSPS) is 37.0. The number of rotatable bonds is 6. The summed E-state index contributed by atoms with van der Waals surface area (Å²) in [6.07, 6.45) is 4.22. The Labute approximate surface area is 169 Å². The highest BCUT2D eigenvalue weighted by molar-refractivity contribution is 5.17. The van der Waals surface area contributed by atoms with Gasteiger partial charge in [0.1, 0.15) is 18.4 Å². The van der Waals surface area contributed by atoms with Crippen molar-refractivity contribution in [3.63, 3.8) is 0 Å². The Balaban J connectivity index is 1.62. The van der Waals surface area contributed by atoms with Crippen molar-refractivity contribution < 1.29 is 9.50 Å². The van der Waals surface area contributed by atoms with Crippen LogP contribution in [-0.2, 0) is 0 Å². The third-order valence-corrected chi connectivity index (χ3v) is 7.89. The molecule has 5 nitrogen and oxygen atoms in total. The van der Waals surface area contributed by atoms with Crippen molar-refractivity contribution in [3.05, 3.63) is 12.3 Å². The van der Waals surface area contributed by atoms with Crippen molar-refractivity contribution in [2.75, 3.05) is 26.2 Å². The van der Waals surface area contributed by atoms with Crippen LogP contribution in [-0.4, -0.2) is 65.1 Å². The molecule has 2 N–H and O–H groups in total. The van der Waals surface area contributed by atoms with Gasteiger partial charge in [-0.15, -0.1) is 0 Å². The van der Waals surface area contributed by atoms with Crippen LogP contribution in [0.15, 0.2) is 12.3 Å². The number of aliphatic hydroxyl groups is 1. The van der Waals surface area contributed by atoms with E-state index in [-0.39, 0.29) is 23.9 Å². The third-order valence-electron chi connectivity index (χ3n) is 7.89. The lowest BCUT2D eigenvalue weighted by Gasteiger charge is -2.46. The average Bonchev–Trinajstić information content (AvgIpc) is 3.17. The summed E-state index contributed by atoms with van der Waals surface area (Å²) in [5.41, 5.74) is 1.11. The number of likely N-dealkylation sites (tertiary alicyclic amines) is 2. The maximum atomic E-state index is 13.7. The molecule has 0 aromatic carbocycles. The molecular weight excluding hydrogens is 355 g/mol. The fourth-order valence-corrected chi connectivity index (χ4v) is 5.50. The largest absolute Gasteiger partial charge is 0.377 e. The van der Waals surface area contributed by atoms with Crippen LogP contribution in [0.2, 0.25) is 0 Å². The molecule has 1 saturated carbocycles. The van der Waals surface area contributed by atoms with Gasteiger partial charge in [-0.25, -0.2) is 4.39 Å². The van der Waals surface area contributed by atoms with E-state index in [1.54, 1.807) is 4.90 Å². The summed E-state index contributed by atoms with van der Waals surface area (Å²) in [5, 5.41) is 23.4. The number of aliphatic hydroxyl groups excluding tert-OH is 1. The van der Waals surface area contributed by atoms with Crippen molar-refractivity contribution in [1.82, 2.24) is 15.1 Å². The molecule has 5 atom stereocenters. The minimum atomic E-state index is -1.03. The smallest absolute Gasteiger partial charge is 0.121 e. The minimum Gasteiger partial charge on any atom is -0.377 e. The van der Waals surface area contributed by atoms with E-state index in [1.807, 2.05) is 0 Å². The van der Waals surface area contributed by atoms with Gasteiger partial charge in [0.15, 0.2) is 0 Å². The summed E-state index contributed by atoms with van der Waals surface area (Å²) in [7, 11) is 0. The molecule has 3 aliphatic rings. The first kappa shape index (κ1) is 21.5. The quantitative estimate of drug-likeness (QED) is 0.728. The Kier molecular flexibility index (Phi) is 6.38. The lowest BCUT2D eigenvalue weighted by atomic mass is 9.70. The van der Waals surface area contributed by atoms with Gasteiger partial charge in [0.2, 0.25) is 0 Å². The summed E-state index contributed by atoms with van der Waals surface area (Å²) < 4.78 is 13.7. The lowest BCUT2D eigenvalue weighted by molar-refractivity contribution is -0.00723. The zero-order valence-corrected chi connectivity index (χ0v) is 17.8. The van der Waals surface area contributed by atoms with Crippen LogP contribution in [0, 0.1) is 22.7 Å². The second kappa shape index (κ2) is 8.30. The van der Waals surface area contributed by atoms with Crippen molar-refractivity contribution in [2.45, 2.75) is 83.3 Å². The predicted octanol–water partition coefficient (Wildman–Crippen LogP) is 3.02. The van der Waals surface area contributed by atoms with Crippen LogP contribution in [0.5, 0.6) is 0 Å². The molecule has 0 radical (unpaired) electrons. The first-order chi connectivity index (χ1) is 13.2. The summed E-state index contributed by atoms with van der Waals surface area (Å²) in [5.74, 6) is 0.411. The molecule has 2 unspecified atom stereocenters. The SMILES string of the molecule is C=C(C1CC[C@@](C)(NCC(O)N2C[C@@H](F)C[C@H]2C#N)C1(C)C)N1CCCCC1. The minimum absolute atomic E-state index is 0.0104. The number of allylic oxidation sites excluding steroid dienone is 1. The van der Waals surface area contributed by atoms with Crippen molar-refractivity contribution >= 4 is 0 Å². The Morgan fingerprint density at radius 2 is 2.00 bits per heavy atom. The molecule has 158 valence electrons. The van der Waals surface area contributed by atoms with Crippen LogP contribution in [0.1, 0.15) is 59.3 Å². The van der Waals surface area contributed by atoms with Gasteiger partial charge < -0.3 is 15.3 Å². The molecule has 0 spiro atoms. The predicted molar refractivity (Wildman–Crippen MR) is 109 cm³/mol. The van der Waals surface area contributed by atoms with E-state index in [1.165, 1.54) is 25.0 Å². The van der Waals surface area contributed by atoms with Gasteiger partial charge in [0.25, 0.3) is 0 Å². The molecule has 0 amide bonds. The molecule has 0 aromatic heterocycles. The Morgan fingerprint density at radius 1 is 1.32 bits per heavy atom. The van der Waals surface area contributed by atoms with Crippen LogP contribution in [0.3, 0.4) is 0 Å². The fraction of sp³-hybridized carbons (Fsp3) is 0.864. The highest BCUT2D eigenvalue weighted by Crippen LogP contribution is 2.53. The Morgan fingerprint density at radius 3 is 2.64 bits per heavy atom. The van der Waals surface area contributed by atoms with Crippen molar-refractivity contribution in [1.29, 1.82) is 5.26 Å². The number of hydrogen-bond donors (Lipinski definition) is 2. The van der Waals surface area contributed by atoms with Crippen LogP contribution < -0.4 is 5.32 Å². The average molecular weight is 393 g/mol. The number of nitrogens with one attached hydrogen (secondary N) is 1. The standard InChI is InChI=1S/C22H37FN4O/c1-16(26-10-6-5-7-11-26)19-8-9-22(4,21(19,2)3)25-14-20(28)27-15-17(23)12-18(27)13-24/h17-20,25,28H,1,5-12,14-15H2,2-4H3/t17-,18-,19?,20?,22+/m0/s1. The van der Waals surface area contributed by atoms with Crippen LogP contribution in [0.25, 0.3) is 0 Å². The van der Waals surface area contributed by atoms with Crippen LogP contribution >= 0.6 is 0 Å². The second-order valence-corrected chi connectivity index (χ2v) is 9.72. The monoisotopic (exact) mass is 392 g/mol. The highest BCUT2D eigenvalue weighted by Gasteiger charge is 2.53. The number of halogens is 1. The Hall–Kier alpha value is -1.16. The molecule has 3 fully saturated rings. The molecule has 28 heavy (non-hydrogen) atoms. The summed E-state index contributed by atoms with van der Waals surface area (Å²) in [6, 6.07) is 1.58. The van der Waals surface area contributed by atoms with E-state index in [0.717, 1.165) is 25.9 Å². The third kappa shape index (κ3) is 3.94. The number of piperidine rings is 1. The molecule has 2 saturated heterocycles. The van der Waals surface area contributed by atoms with Gasteiger partial charge in [-0.05, 0) is 44.4 Å². The van der Waals surface area contributed by atoms with Crippen molar-refractivity contribution in [3.8, 4) is 6.07 Å². The number of hydrogen-bond acceptors (Lipinski definition) is 5. The van der Waals surface area contributed by atoms with Gasteiger partial charge in [-0.1, -0.05) is 20.4 Å². The van der Waals surface area contributed by atoms with Gasteiger partial charge in [-0.3, -0.25) is 4.90 Å². The van der Waals surface area contributed by atoms with E-state index < -0.39 is 18.4 Å². The van der Waals surface area contributed by atoms with Gasteiger partial charge in [0.05, 0.1) is 6.07 Å². The molecule has 2 aliphatic heterocycles. The Bertz CT molecular complexity index is 612. The van der Waals surface area contributed by atoms with Gasteiger partial charge in [0, 0.05) is 49.8 Å². The van der Waals surface area contributed by atoms with E-state index in [2.05, 4.69) is 43.6 Å². The van der Waals surface area contributed by atoms with E-state index in [9.17, 15) is 14.8 Å². The molecule has 1 aliphatic carbocycles.